The van der Waals surface area contributed by atoms with E-state index >= 15 is 0 Å². The fourth-order valence-corrected chi connectivity index (χ4v) is 5.21. The average Bonchev–Trinajstić information content (AvgIpc) is 2.40. The Balaban J connectivity index is 2.06. The van der Waals surface area contributed by atoms with Crippen LogP contribution >= 0.6 is 19.0 Å². The Morgan fingerprint density at radius 1 is 0.938 bits per heavy atom. The molecule has 0 aliphatic carbocycles. The molecule has 0 radical (unpaired) electrons. The smallest absolute Gasteiger partial charge is 0.231 e. The van der Waals surface area contributed by atoms with Gasteiger partial charge in [0.15, 0.2) is 0 Å². The van der Waals surface area contributed by atoms with E-state index in [4.69, 9.17) is 21.1 Å². The summed E-state index contributed by atoms with van der Waals surface area (Å²) in [6, 6.07) is 0. The Morgan fingerprint density at radius 3 is 1.62 bits per heavy atom. The van der Waals surface area contributed by atoms with Gasteiger partial charge in [0.25, 0.3) is 0 Å². The lowest BCUT2D eigenvalue weighted by Gasteiger charge is -2.41. The van der Waals surface area contributed by atoms with Crippen LogP contribution in [0.2, 0.25) is 0 Å². The van der Waals surface area contributed by atoms with Crippen LogP contribution in [0.15, 0.2) is 0 Å². The first-order valence-electron chi connectivity index (χ1n) is 5.59. The molecule has 0 spiro atoms. The number of alkyl halides is 1. The SMILES string of the molecule is O=P(CCl)(N1CCOCC1)N1CCOCC1. The molecule has 94 valence electrons. The molecule has 16 heavy (non-hydrogen) atoms. The summed E-state index contributed by atoms with van der Waals surface area (Å²) in [7, 11) is -2.58. The summed E-state index contributed by atoms with van der Waals surface area (Å²) in [6.45, 7) is 5.41. The third-order valence-corrected chi connectivity index (χ3v) is 6.83. The van der Waals surface area contributed by atoms with E-state index in [1.807, 2.05) is 9.34 Å². The van der Waals surface area contributed by atoms with Gasteiger partial charge in [-0.2, -0.15) is 0 Å². The molecule has 5 nitrogen and oxygen atoms in total. The Kier molecular flexibility index (Phi) is 4.65. The average molecular weight is 269 g/mol. The van der Waals surface area contributed by atoms with Crippen molar-refractivity contribution in [2.24, 2.45) is 0 Å². The van der Waals surface area contributed by atoms with Gasteiger partial charge in [0.05, 0.1) is 26.4 Å². The van der Waals surface area contributed by atoms with E-state index in [-0.39, 0.29) is 5.62 Å². The number of hydrogen-bond donors (Lipinski definition) is 0. The van der Waals surface area contributed by atoms with Gasteiger partial charge in [-0.3, -0.25) is 4.57 Å². The maximum absolute atomic E-state index is 12.9. The molecule has 2 fully saturated rings. The molecule has 0 aromatic heterocycles. The van der Waals surface area contributed by atoms with Crippen LogP contribution in [-0.2, 0) is 14.0 Å². The summed E-state index contributed by atoms with van der Waals surface area (Å²) in [6.07, 6.45) is 0. The molecule has 2 rings (SSSR count). The van der Waals surface area contributed by atoms with Crippen LogP contribution < -0.4 is 0 Å². The summed E-state index contributed by atoms with van der Waals surface area (Å²) in [5, 5.41) is 0. The molecule has 0 atom stereocenters. The van der Waals surface area contributed by atoms with E-state index < -0.39 is 7.44 Å². The lowest BCUT2D eigenvalue weighted by Crippen LogP contribution is -2.43. The lowest BCUT2D eigenvalue weighted by atomic mass is 10.5. The highest BCUT2D eigenvalue weighted by molar-refractivity contribution is 7.60. The minimum Gasteiger partial charge on any atom is -0.379 e. The Hall–Kier alpha value is 0.360. The molecule has 2 aliphatic rings. The van der Waals surface area contributed by atoms with Crippen LogP contribution in [0.5, 0.6) is 0 Å². The highest BCUT2D eigenvalue weighted by atomic mass is 35.5. The van der Waals surface area contributed by atoms with Crippen molar-refractivity contribution in [1.82, 2.24) is 9.34 Å². The van der Waals surface area contributed by atoms with Gasteiger partial charge in [0.1, 0.15) is 5.62 Å². The molecule has 0 aromatic rings. The molecule has 0 amide bonds. The van der Waals surface area contributed by atoms with E-state index in [0.717, 1.165) is 0 Å². The van der Waals surface area contributed by atoms with Crippen LogP contribution in [0.25, 0.3) is 0 Å². The quantitative estimate of drug-likeness (QED) is 0.565. The molecular weight excluding hydrogens is 251 g/mol. The highest BCUT2D eigenvalue weighted by Crippen LogP contribution is 2.54. The van der Waals surface area contributed by atoms with Crippen molar-refractivity contribution in [3.8, 4) is 0 Å². The summed E-state index contributed by atoms with van der Waals surface area (Å²) in [5.74, 6) is 0. The van der Waals surface area contributed by atoms with Crippen LogP contribution in [0, 0.1) is 0 Å². The standard InChI is InChI=1S/C9H18ClN2O3P/c10-9-16(13,11-1-5-14-6-2-11)12-3-7-15-8-4-12/h1-9H2. The van der Waals surface area contributed by atoms with Gasteiger partial charge < -0.3 is 9.47 Å². The molecule has 0 aromatic carbocycles. The van der Waals surface area contributed by atoms with Crippen LogP contribution in [-0.4, -0.2) is 67.6 Å². The maximum atomic E-state index is 12.9. The van der Waals surface area contributed by atoms with E-state index in [0.29, 0.717) is 52.6 Å². The fraction of sp³-hybridized carbons (Fsp3) is 1.00. The Bertz CT molecular complexity index is 245. The van der Waals surface area contributed by atoms with E-state index in [1.54, 1.807) is 0 Å². The number of halogens is 1. The van der Waals surface area contributed by atoms with Gasteiger partial charge in [-0.15, -0.1) is 11.6 Å². The molecule has 2 heterocycles. The monoisotopic (exact) mass is 268 g/mol. The topological polar surface area (TPSA) is 42.0 Å². The third-order valence-electron chi connectivity index (χ3n) is 3.01. The zero-order valence-corrected chi connectivity index (χ0v) is 11.0. The summed E-state index contributed by atoms with van der Waals surface area (Å²) in [4.78, 5) is 0. The molecule has 7 heteroatoms. The number of rotatable bonds is 3. The summed E-state index contributed by atoms with van der Waals surface area (Å²) in [5.41, 5.74) is 0.188. The number of morpholine rings is 2. The maximum Gasteiger partial charge on any atom is 0.231 e. The summed E-state index contributed by atoms with van der Waals surface area (Å²) >= 11 is 5.95. The second kappa shape index (κ2) is 5.80. The minimum atomic E-state index is -2.58. The second-order valence-corrected chi connectivity index (χ2v) is 7.33. The van der Waals surface area contributed by atoms with Crippen molar-refractivity contribution >= 4 is 19.0 Å². The number of ether oxygens (including phenoxy) is 2. The fourth-order valence-electron chi connectivity index (χ4n) is 2.06. The predicted octanol–water partition coefficient (Wildman–Crippen LogP) is 1.04. The molecule has 0 saturated carbocycles. The molecule has 2 aliphatic heterocycles. The van der Waals surface area contributed by atoms with Crippen LogP contribution in [0.4, 0.5) is 0 Å². The molecule has 0 N–H and O–H groups in total. The summed E-state index contributed by atoms with van der Waals surface area (Å²) < 4.78 is 27.4. The number of hydrogen-bond acceptors (Lipinski definition) is 3. The minimum absolute atomic E-state index is 0.188. The van der Waals surface area contributed by atoms with E-state index in [9.17, 15) is 4.57 Å². The van der Waals surface area contributed by atoms with Crippen LogP contribution in [0.1, 0.15) is 0 Å². The first-order chi connectivity index (χ1) is 7.77. The Morgan fingerprint density at radius 2 is 1.31 bits per heavy atom. The van der Waals surface area contributed by atoms with Gasteiger partial charge in [-0.05, 0) is 0 Å². The van der Waals surface area contributed by atoms with Crippen molar-refractivity contribution < 1.29 is 14.0 Å². The zero-order valence-electron chi connectivity index (χ0n) is 9.31. The van der Waals surface area contributed by atoms with Crippen molar-refractivity contribution in [2.75, 3.05) is 58.2 Å². The third kappa shape index (κ3) is 2.61. The normalized spacial score (nSPS) is 25.8. The second-order valence-electron chi connectivity index (χ2n) is 3.92. The largest absolute Gasteiger partial charge is 0.379 e. The van der Waals surface area contributed by atoms with Gasteiger partial charge in [-0.25, -0.2) is 9.34 Å². The van der Waals surface area contributed by atoms with Crippen molar-refractivity contribution in [1.29, 1.82) is 0 Å². The molecule has 2 saturated heterocycles. The van der Waals surface area contributed by atoms with Crippen molar-refractivity contribution in [3.63, 3.8) is 0 Å². The molecule has 0 unspecified atom stereocenters. The van der Waals surface area contributed by atoms with Crippen molar-refractivity contribution in [3.05, 3.63) is 0 Å². The van der Waals surface area contributed by atoms with Crippen molar-refractivity contribution in [2.45, 2.75) is 0 Å². The first kappa shape index (κ1) is 12.8. The Labute approximate surface area is 101 Å². The van der Waals surface area contributed by atoms with Gasteiger partial charge in [0.2, 0.25) is 7.44 Å². The first-order valence-corrected chi connectivity index (χ1v) is 7.92. The predicted molar refractivity (Wildman–Crippen MR) is 63.1 cm³/mol. The van der Waals surface area contributed by atoms with E-state index in [1.165, 1.54) is 0 Å². The van der Waals surface area contributed by atoms with Gasteiger partial charge in [0, 0.05) is 26.2 Å². The molecular formula is C9H18ClN2O3P. The zero-order chi connectivity index (χ0) is 11.4. The van der Waals surface area contributed by atoms with Crippen LogP contribution in [0.3, 0.4) is 0 Å². The van der Waals surface area contributed by atoms with E-state index in [2.05, 4.69) is 0 Å². The highest BCUT2D eigenvalue weighted by Gasteiger charge is 2.37. The number of nitrogens with zero attached hydrogens (tertiary/aromatic N) is 2. The molecule has 0 bridgehead atoms. The van der Waals surface area contributed by atoms with Gasteiger partial charge in [-0.1, -0.05) is 0 Å². The lowest BCUT2D eigenvalue weighted by molar-refractivity contribution is 0.0529. The van der Waals surface area contributed by atoms with Gasteiger partial charge >= 0.3 is 0 Å².